The molecule has 1 aliphatic rings. The van der Waals surface area contributed by atoms with Crippen molar-refractivity contribution in [1.29, 1.82) is 0 Å². The van der Waals surface area contributed by atoms with E-state index >= 15 is 0 Å². The molecule has 5 heteroatoms. The Labute approximate surface area is 122 Å². The van der Waals surface area contributed by atoms with Gasteiger partial charge in [-0.25, -0.2) is 4.79 Å². The van der Waals surface area contributed by atoms with Crippen LogP contribution in [0.1, 0.15) is 24.2 Å². The molecule has 0 heterocycles. The van der Waals surface area contributed by atoms with Gasteiger partial charge in [0.1, 0.15) is 17.0 Å². The van der Waals surface area contributed by atoms with E-state index in [0.29, 0.717) is 22.6 Å². The van der Waals surface area contributed by atoms with E-state index in [1.165, 1.54) is 7.11 Å². The standard InChI is InChI=1S/C16H15NO4/c1-10-8-12(9-11(2)15(10)18)17-21-16(19)13-6-4-5-7-14(13)20-3/h4-9H,1-3H3. The molecule has 0 atom stereocenters. The third kappa shape index (κ3) is 3.25. The smallest absolute Gasteiger partial charge is 0.369 e. The zero-order valence-electron chi connectivity index (χ0n) is 12.0. The summed E-state index contributed by atoms with van der Waals surface area (Å²) in [6, 6.07) is 6.72. The molecule has 0 saturated heterocycles. The summed E-state index contributed by atoms with van der Waals surface area (Å²) in [5, 5.41) is 3.78. The number of hydrogen-bond donors (Lipinski definition) is 0. The summed E-state index contributed by atoms with van der Waals surface area (Å²) in [5.41, 5.74) is 1.83. The molecule has 0 N–H and O–H groups in total. The van der Waals surface area contributed by atoms with E-state index in [4.69, 9.17) is 9.57 Å². The second-order valence-electron chi connectivity index (χ2n) is 4.58. The van der Waals surface area contributed by atoms with E-state index < -0.39 is 5.97 Å². The van der Waals surface area contributed by atoms with Crippen molar-refractivity contribution in [2.45, 2.75) is 13.8 Å². The van der Waals surface area contributed by atoms with E-state index in [1.807, 2.05) is 0 Å². The molecule has 0 bridgehead atoms. The van der Waals surface area contributed by atoms with E-state index in [1.54, 1.807) is 50.3 Å². The Kier molecular flexibility index (Phi) is 4.33. The lowest BCUT2D eigenvalue weighted by atomic mass is 9.98. The lowest BCUT2D eigenvalue weighted by Crippen LogP contribution is -2.12. The van der Waals surface area contributed by atoms with Crippen LogP contribution in [0, 0.1) is 0 Å². The summed E-state index contributed by atoms with van der Waals surface area (Å²) in [5.74, 6) is -0.237. The van der Waals surface area contributed by atoms with Crippen LogP contribution in [0.25, 0.3) is 0 Å². The summed E-state index contributed by atoms with van der Waals surface area (Å²) in [6.45, 7) is 3.38. The molecule has 1 aromatic carbocycles. The molecule has 0 saturated carbocycles. The summed E-state index contributed by atoms with van der Waals surface area (Å²) in [6.07, 6.45) is 3.15. The van der Waals surface area contributed by atoms with Crippen molar-refractivity contribution in [2.75, 3.05) is 7.11 Å². The molecule has 108 valence electrons. The molecule has 0 amide bonds. The summed E-state index contributed by atoms with van der Waals surface area (Å²) in [7, 11) is 1.48. The van der Waals surface area contributed by atoms with Gasteiger partial charge in [-0.2, -0.15) is 0 Å². The normalized spacial score (nSPS) is 14.2. The van der Waals surface area contributed by atoms with Gasteiger partial charge in [0.15, 0.2) is 5.78 Å². The molecule has 1 aromatic rings. The molecule has 1 aliphatic carbocycles. The summed E-state index contributed by atoms with van der Waals surface area (Å²) in [4.78, 5) is 28.5. The van der Waals surface area contributed by atoms with E-state index in [9.17, 15) is 9.59 Å². The molecule has 0 unspecified atom stereocenters. The maximum Gasteiger partial charge on any atom is 0.369 e. The zero-order valence-corrected chi connectivity index (χ0v) is 12.0. The Morgan fingerprint density at radius 3 is 2.33 bits per heavy atom. The number of oxime groups is 1. The highest BCUT2D eigenvalue weighted by Crippen LogP contribution is 2.18. The fraction of sp³-hybridized carbons (Fsp3) is 0.188. The minimum absolute atomic E-state index is 0.0370. The number of methoxy groups -OCH3 is 1. The van der Waals surface area contributed by atoms with Crippen molar-refractivity contribution in [1.82, 2.24) is 0 Å². The van der Waals surface area contributed by atoms with Crippen LogP contribution in [0.15, 0.2) is 52.7 Å². The number of allylic oxidation sites excluding steroid dienone is 4. The van der Waals surface area contributed by atoms with Crippen LogP contribution in [0.5, 0.6) is 5.75 Å². The topological polar surface area (TPSA) is 65.0 Å². The molecule has 21 heavy (non-hydrogen) atoms. The quantitative estimate of drug-likeness (QED) is 0.486. The fourth-order valence-electron chi connectivity index (χ4n) is 1.94. The Morgan fingerprint density at radius 2 is 1.71 bits per heavy atom. The van der Waals surface area contributed by atoms with E-state index in [2.05, 4.69) is 5.16 Å². The predicted molar refractivity (Wildman–Crippen MR) is 78.4 cm³/mol. The van der Waals surface area contributed by atoms with Crippen molar-refractivity contribution in [3.05, 3.63) is 53.1 Å². The molecule has 0 radical (unpaired) electrons. The average molecular weight is 285 g/mol. The van der Waals surface area contributed by atoms with Crippen molar-refractivity contribution < 1.29 is 19.2 Å². The van der Waals surface area contributed by atoms with Gasteiger partial charge >= 0.3 is 5.97 Å². The number of Topliss-reactive ketones (excluding diaryl/α,β-unsaturated/α-hetero) is 1. The monoisotopic (exact) mass is 285 g/mol. The van der Waals surface area contributed by atoms with Gasteiger partial charge in [-0.15, -0.1) is 0 Å². The molecule has 0 aliphatic heterocycles. The van der Waals surface area contributed by atoms with Gasteiger partial charge in [0.05, 0.1) is 7.11 Å². The number of para-hydroxylation sites is 1. The number of nitrogens with zero attached hydrogens (tertiary/aromatic N) is 1. The van der Waals surface area contributed by atoms with Crippen molar-refractivity contribution in [2.24, 2.45) is 5.16 Å². The van der Waals surface area contributed by atoms with Crippen LogP contribution >= 0.6 is 0 Å². The maximum absolute atomic E-state index is 12.0. The Hall–Kier alpha value is -2.69. The molecular weight excluding hydrogens is 270 g/mol. The van der Waals surface area contributed by atoms with Gasteiger partial charge in [-0.3, -0.25) is 4.79 Å². The van der Waals surface area contributed by atoms with Crippen LogP contribution in [0.3, 0.4) is 0 Å². The molecular formula is C16H15NO4. The third-order valence-electron chi connectivity index (χ3n) is 3.01. The number of hydrogen-bond acceptors (Lipinski definition) is 5. The SMILES string of the molecule is COc1ccccc1C(=O)ON=C1C=C(C)C(=O)C(C)=C1. The van der Waals surface area contributed by atoms with Gasteiger partial charge in [0, 0.05) is 0 Å². The fourth-order valence-corrected chi connectivity index (χ4v) is 1.94. The van der Waals surface area contributed by atoms with Crippen LogP contribution in [-0.2, 0) is 9.63 Å². The number of ketones is 1. The summed E-state index contributed by atoms with van der Waals surface area (Å²) < 4.78 is 5.09. The van der Waals surface area contributed by atoms with Crippen LogP contribution in [0.4, 0.5) is 0 Å². The maximum atomic E-state index is 12.0. The Morgan fingerprint density at radius 1 is 1.10 bits per heavy atom. The first-order valence-electron chi connectivity index (χ1n) is 6.36. The molecule has 2 rings (SSSR count). The predicted octanol–water partition coefficient (Wildman–Crippen LogP) is 2.68. The second-order valence-corrected chi connectivity index (χ2v) is 4.58. The number of rotatable bonds is 3. The third-order valence-corrected chi connectivity index (χ3v) is 3.01. The molecule has 5 nitrogen and oxygen atoms in total. The summed E-state index contributed by atoms with van der Waals surface area (Å²) >= 11 is 0. The molecule has 0 spiro atoms. The largest absolute Gasteiger partial charge is 0.496 e. The van der Waals surface area contributed by atoms with Crippen molar-refractivity contribution in [3.63, 3.8) is 0 Å². The van der Waals surface area contributed by atoms with Crippen molar-refractivity contribution >= 4 is 17.5 Å². The zero-order chi connectivity index (χ0) is 15.4. The number of carbonyl (C=O) groups excluding carboxylic acids is 2. The highest BCUT2D eigenvalue weighted by molar-refractivity contribution is 6.21. The van der Waals surface area contributed by atoms with Crippen molar-refractivity contribution in [3.8, 4) is 5.75 Å². The van der Waals surface area contributed by atoms with Gasteiger partial charge in [-0.1, -0.05) is 17.3 Å². The van der Waals surface area contributed by atoms with Crippen LogP contribution in [0.2, 0.25) is 0 Å². The molecule has 0 fully saturated rings. The first-order chi connectivity index (χ1) is 10.0. The molecule has 0 aromatic heterocycles. The van der Waals surface area contributed by atoms with Gasteiger partial charge in [0.25, 0.3) is 0 Å². The van der Waals surface area contributed by atoms with E-state index in [-0.39, 0.29) is 11.3 Å². The number of ether oxygens (including phenoxy) is 1. The average Bonchev–Trinajstić information content (AvgIpc) is 2.50. The number of carbonyl (C=O) groups is 2. The highest BCUT2D eigenvalue weighted by Gasteiger charge is 2.16. The first kappa shape index (κ1) is 14.7. The highest BCUT2D eigenvalue weighted by atomic mass is 16.7. The van der Waals surface area contributed by atoms with Gasteiger partial charge in [0.2, 0.25) is 0 Å². The minimum atomic E-state index is -0.617. The minimum Gasteiger partial charge on any atom is -0.496 e. The van der Waals surface area contributed by atoms with Crippen LogP contribution < -0.4 is 4.74 Å². The van der Waals surface area contributed by atoms with Crippen LogP contribution in [-0.4, -0.2) is 24.6 Å². The van der Waals surface area contributed by atoms with Gasteiger partial charge in [-0.05, 0) is 49.3 Å². The Balaban J connectivity index is 2.18. The second kappa shape index (κ2) is 6.17. The lowest BCUT2D eigenvalue weighted by molar-refractivity contribution is -0.112. The van der Waals surface area contributed by atoms with Gasteiger partial charge < -0.3 is 9.57 Å². The lowest BCUT2D eigenvalue weighted by Gasteiger charge is -2.08. The van der Waals surface area contributed by atoms with E-state index in [0.717, 1.165) is 0 Å². The number of benzene rings is 1. The first-order valence-corrected chi connectivity index (χ1v) is 6.36. The Bertz CT molecular complexity index is 659.